The zero-order valence-corrected chi connectivity index (χ0v) is 15.0. The fourth-order valence-electron chi connectivity index (χ4n) is 3.20. The number of nitrogens with zero attached hydrogens (tertiary/aromatic N) is 5. The van der Waals surface area contributed by atoms with Gasteiger partial charge in [0.25, 0.3) is 0 Å². The summed E-state index contributed by atoms with van der Waals surface area (Å²) in [5, 5.41) is 4.49. The lowest BCUT2D eigenvalue weighted by Gasteiger charge is -2.43. The Kier molecular flexibility index (Phi) is 4.56. The minimum atomic E-state index is -0.267. The first-order valence-corrected chi connectivity index (χ1v) is 8.15. The molecule has 1 saturated heterocycles. The van der Waals surface area contributed by atoms with E-state index in [0.717, 1.165) is 36.1 Å². The Hall–Kier alpha value is -1.99. The van der Waals surface area contributed by atoms with Crippen molar-refractivity contribution in [3.63, 3.8) is 0 Å². The summed E-state index contributed by atoms with van der Waals surface area (Å²) >= 11 is 0. The van der Waals surface area contributed by atoms with E-state index in [-0.39, 0.29) is 11.7 Å². The number of ether oxygens (including phenoxy) is 2. The molecule has 0 bridgehead atoms. The third-order valence-corrected chi connectivity index (χ3v) is 3.99. The minimum Gasteiger partial charge on any atom is -0.382 e. The molecule has 1 aliphatic heterocycles. The van der Waals surface area contributed by atoms with Gasteiger partial charge in [0.2, 0.25) is 0 Å². The molecule has 0 saturated carbocycles. The maximum absolute atomic E-state index is 6.07. The zero-order valence-electron chi connectivity index (χ0n) is 15.0. The molecule has 7 heteroatoms. The van der Waals surface area contributed by atoms with Gasteiger partial charge in [0.1, 0.15) is 5.82 Å². The molecule has 1 fully saturated rings. The van der Waals surface area contributed by atoms with Gasteiger partial charge >= 0.3 is 0 Å². The molecule has 0 aromatic carbocycles. The van der Waals surface area contributed by atoms with Crippen LogP contribution in [-0.2, 0) is 9.47 Å². The fourth-order valence-corrected chi connectivity index (χ4v) is 3.20. The van der Waals surface area contributed by atoms with Crippen LogP contribution in [0, 0.1) is 13.8 Å². The molecule has 3 heterocycles. The lowest BCUT2D eigenvalue weighted by Crippen LogP contribution is -2.54. The molecule has 24 heavy (non-hydrogen) atoms. The molecular formula is C17H25N5O2. The lowest BCUT2D eigenvalue weighted by molar-refractivity contribution is -0.106. The minimum absolute atomic E-state index is 0.0119. The topological polar surface area (TPSA) is 65.3 Å². The molecule has 130 valence electrons. The van der Waals surface area contributed by atoms with Crippen molar-refractivity contribution in [3.8, 4) is 5.82 Å². The van der Waals surface area contributed by atoms with Gasteiger partial charge in [-0.1, -0.05) is 0 Å². The summed E-state index contributed by atoms with van der Waals surface area (Å²) in [6.45, 7) is 10.2. The quantitative estimate of drug-likeness (QED) is 0.853. The summed E-state index contributed by atoms with van der Waals surface area (Å²) in [7, 11) is 1.69. The molecule has 1 aliphatic rings. The van der Waals surface area contributed by atoms with E-state index in [1.807, 2.05) is 24.6 Å². The van der Waals surface area contributed by atoms with E-state index in [1.165, 1.54) is 0 Å². The van der Waals surface area contributed by atoms with Gasteiger partial charge in [-0.15, -0.1) is 0 Å². The van der Waals surface area contributed by atoms with E-state index in [9.17, 15) is 0 Å². The second-order valence-electron chi connectivity index (χ2n) is 6.91. The highest BCUT2D eigenvalue weighted by Gasteiger charge is 2.34. The summed E-state index contributed by atoms with van der Waals surface area (Å²) in [6, 6.07) is 2.03. The molecule has 0 amide bonds. The summed E-state index contributed by atoms with van der Waals surface area (Å²) in [5.74, 6) is 1.56. The number of rotatable bonds is 4. The number of aryl methyl sites for hydroxylation is 2. The number of morpholine rings is 1. The van der Waals surface area contributed by atoms with Crippen LogP contribution < -0.4 is 4.90 Å². The number of anilines is 1. The SMILES string of the molecule is COC[C@@H]1CN(c2cncc(-n3nc(C)cc3C)n2)CC(C)(C)O1. The first-order chi connectivity index (χ1) is 11.4. The Morgan fingerprint density at radius 2 is 2.04 bits per heavy atom. The van der Waals surface area contributed by atoms with E-state index in [4.69, 9.17) is 14.5 Å². The average molecular weight is 331 g/mol. The molecule has 0 N–H and O–H groups in total. The maximum Gasteiger partial charge on any atom is 0.174 e. The summed E-state index contributed by atoms with van der Waals surface area (Å²) < 4.78 is 13.2. The van der Waals surface area contributed by atoms with Crippen LogP contribution >= 0.6 is 0 Å². The van der Waals surface area contributed by atoms with Gasteiger partial charge in [0, 0.05) is 25.9 Å². The van der Waals surface area contributed by atoms with Crippen molar-refractivity contribution in [3.05, 3.63) is 29.8 Å². The lowest BCUT2D eigenvalue weighted by atomic mass is 10.1. The van der Waals surface area contributed by atoms with Crippen LogP contribution in [0.25, 0.3) is 5.82 Å². The maximum atomic E-state index is 6.07. The Bertz CT molecular complexity index is 713. The van der Waals surface area contributed by atoms with Gasteiger partial charge in [-0.3, -0.25) is 4.98 Å². The van der Waals surface area contributed by atoms with Crippen LogP contribution in [-0.4, -0.2) is 58.3 Å². The predicted octanol–water partition coefficient (Wildman–Crippen LogP) is 1.91. The molecule has 0 spiro atoms. The van der Waals surface area contributed by atoms with Gasteiger partial charge in [0.05, 0.1) is 36.4 Å². The van der Waals surface area contributed by atoms with Crippen molar-refractivity contribution in [1.82, 2.24) is 19.7 Å². The number of hydrogen-bond donors (Lipinski definition) is 0. The standard InChI is InChI=1S/C17H25N5O2/c1-12-6-13(2)22(20-12)16-8-18-7-15(19-16)21-9-14(10-23-5)24-17(3,4)11-21/h6-8,14H,9-11H2,1-5H3/t14-/m0/s1. The molecule has 2 aromatic heterocycles. The highest BCUT2D eigenvalue weighted by Crippen LogP contribution is 2.25. The fraction of sp³-hybridized carbons (Fsp3) is 0.588. The van der Waals surface area contributed by atoms with E-state index in [2.05, 4.69) is 28.8 Å². The van der Waals surface area contributed by atoms with Gasteiger partial charge in [0.15, 0.2) is 5.82 Å². The van der Waals surface area contributed by atoms with Crippen LogP contribution in [0.4, 0.5) is 5.82 Å². The molecular weight excluding hydrogens is 306 g/mol. The molecule has 7 nitrogen and oxygen atoms in total. The Balaban J connectivity index is 1.89. The third-order valence-electron chi connectivity index (χ3n) is 3.99. The first kappa shape index (κ1) is 16.9. The number of methoxy groups -OCH3 is 1. The van der Waals surface area contributed by atoms with Crippen LogP contribution in [0.3, 0.4) is 0 Å². The van der Waals surface area contributed by atoms with Gasteiger partial charge in [-0.25, -0.2) is 9.67 Å². The van der Waals surface area contributed by atoms with Crippen LogP contribution in [0.5, 0.6) is 0 Å². The van der Waals surface area contributed by atoms with Gasteiger partial charge in [-0.2, -0.15) is 5.10 Å². The average Bonchev–Trinajstić information content (AvgIpc) is 2.85. The summed E-state index contributed by atoms with van der Waals surface area (Å²) in [5.41, 5.74) is 1.74. The predicted molar refractivity (Wildman–Crippen MR) is 91.7 cm³/mol. The third kappa shape index (κ3) is 3.57. The normalized spacial score (nSPS) is 20.4. The van der Waals surface area contributed by atoms with Crippen molar-refractivity contribution in [2.75, 3.05) is 31.7 Å². The molecule has 0 aliphatic carbocycles. The highest BCUT2D eigenvalue weighted by atomic mass is 16.5. The monoisotopic (exact) mass is 331 g/mol. The molecule has 2 aromatic rings. The number of hydrogen-bond acceptors (Lipinski definition) is 6. The van der Waals surface area contributed by atoms with Crippen molar-refractivity contribution in [2.45, 2.75) is 39.4 Å². The first-order valence-electron chi connectivity index (χ1n) is 8.15. The zero-order chi connectivity index (χ0) is 17.3. The van der Waals surface area contributed by atoms with E-state index in [1.54, 1.807) is 19.5 Å². The van der Waals surface area contributed by atoms with Crippen molar-refractivity contribution < 1.29 is 9.47 Å². The van der Waals surface area contributed by atoms with Crippen LogP contribution in [0.2, 0.25) is 0 Å². The Morgan fingerprint density at radius 1 is 1.29 bits per heavy atom. The van der Waals surface area contributed by atoms with Crippen LogP contribution in [0.1, 0.15) is 25.2 Å². The second-order valence-corrected chi connectivity index (χ2v) is 6.91. The second kappa shape index (κ2) is 6.49. The largest absolute Gasteiger partial charge is 0.382 e. The molecule has 0 radical (unpaired) electrons. The van der Waals surface area contributed by atoms with E-state index in [0.29, 0.717) is 6.61 Å². The van der Waals surface area contributed by atoms with Gasteiger partial charge < -0.3 is 14.4 Å². The van der Waals surface area contributed by atoms with Crippen LogP contribution in [0.15, 0.2) is 18.5 Å². The molecule has 3 rings (SSSR count). The molecule has 0 unspecified atom stereocenters. The van der Waals surface area contributed by atoms with Crippen molar-refractivity contribution in [2.24, 2.45) is 0 Å². The van der Waals surface area contributed by atoms with E-state index >= 15 is 0 Å². The summed E-state index contributed by atoms with van der Waals surface area (Å²) in [4.78, 5) is 11.3. The number of aromatic nitrogens is 4. The Labute approximate surface area is 142 Å². The van der Waals surface area contributed by atoms with Crippen molar-refractivity contribution >= 4 is 5.82 Å². The highest BCUT2D eigenvalue weighted by molar-refractivity contribution is 5.41. The van der Waals surface area contributed by atoms with Gasteiger partial charge in [-0.05, 0) is 33.8 Å². The summed E-state index contributed by atoms with van der Waals surface area (Å²) in [6.07, 6.45) is 3.54. The Morgan fingerprint density at radius 3 is 2.71 bits per heavy atom. The van der Waals surface area contributed by atoms with E-state index < -0.39 is 0 Å². The molecule has 1 atom stereocenters. The smallest absolute Gasteiger partial charge is 0.174 e. The van der Waals surface area contributed by atoms with Crippen molar-refractivity contribution in [1.29, 1.82) is 0 Å².